The van der Waals surface area contributed by atoms with Gasteiger partial charge in [-0.3, -0.25) is 4.79 Å². The minimum atomic E-state index is -0.128. The lowest BCUT2D eigenvalue weighted by Gasteiger charge is -2.19. The van der Waals surface area contributed by atoms with E-state index in [1.807, 2.05) is 48.7 Å². The van der Waals surface area contributed by atoms with Gasteiger partial charge in [0.25, 0.3) is 5.91 Å². The van der Waals surface area contributed by atoms with E-state index in [2.05, 4.69) is 20.2 Å². The summed E-state index contributed by atoms with van der Waals surface area (Å²) in [5.74, 6) is 0.648. The Labute approximate surface area is 156 Å². The fourth-order valence-corrected chi connectivity index (χ4v) is 3.80. The molecule has 0 aliphatic carbocycles. The van der Waals surface area contributed by atoms with Crippen LogP contribution in [0, 0.1) is 6.92 Å². The highest BCUT2D eigenvalue weighted by Crippen LogP contribution is 2.25. The summed E-state index contributed by atoms with van der Waals surface area (Å²) in [7, 11) is 0. The van der Waals surface area contributed by atoms with Crippen molar-refractivity contribution in [3.63, 3.8) is 0 Å². The first-order chi connectivity index (χ1) is 12.7. The van der Waals surface area contributed by atoms with Crippen molar-refractivity contribution in [1.29, 1.82) is 0 Å². The van der Waals surface area contributed by atoms with Gasteiger partial charge in [0.15, 0.2) is 0 Å². The number of thiazole rings is 1. The van der Waals surface area contributed by atoms with Crippen LogP contribution in [0.4, 0.5) is 11.5 Å². The molecule has 1 saturated heterocycles. The Kier molecular flexibility index (Phi) is 4.67. The fourth-order valence-electron chi connectivity index (χ4n) is 3.17. The molecule has 6 heteroatoms. The largest absolute Gasteiger partial charge is 0.356 e. The van der Waals surface area contributed by atoms with Crippen LogP contribution < -0.4 is 10.2 Å². The molecular weight excluding hydrogens is 344 g/mol. The predicted molar refractivity (Wildman–Crippen MR) is 106 cm³/mol. The molecule has 0 saturated carbocycles. The van der Waals surface area contributed by atoms with Gasteiger partial charge in [-0.05, 0) is 44.0 Å². The van der Waals surface area contributed by atoms with E-state index in [0.29, 0.717) is 5.56 Å². The fraction of sp³-hybridized carbons (Fsp3) is 0.250. The smallest absolute Gasteiger partial charge is 0.259 e. The quantitative estimate of drug-likeness (QED) is 0.747. The third-order valence-corrected chi connectivity index (χ3v) is 5.27. The number of nitrogens with one attached hydrogen (secondary N) is 1. The monoisotopic (exact) mass is 364 g/mol. The number of carbonyl (C=O) groups excluding carboxylic acids is 1. The van der Waals surface area contributed by atoms with Gasteiger partial charge >= 0.3 is 0 Å². The van der Waals surface area contributed by atoms with Crippen molar-refractivity contribution in [3.8, 4) is 11.3 Å². The van der Waals surface area contributed by atoms with E-state index in [-0.39, 0.29) is 5.91 Å². The summed E-state index contributed by atoms with van der Waals surface area (Å²) in [6, 6.07) is 11.4. The second-order valence-corrected chi connectivity index (χ2v) is 7.41. The first-order valence-corrected chi connectivity index (χ1v) is 9.62. The van der Waals surface area contributed by atoms with Gasteiger partial charge < -0.3 is 10.2 Å². The molecule has 1 fully saturated rings. The van der Waals surface area contributed by atoms with Crippen LogP contribution in [0.3, 0.4) is 0 Å². The number of hydrogen-bond donors (Lipinski definition) is 1. The van der Waals surface area contributed by atoms with Gasteiger partial charge in [0.1, 0.15) is 5.82 Å². The molecule has 3 heterocycles. The van der Waals surface area contributed by atoms with Crippen LogP contribution in [0.15, 0.2) is 48.0 Å². The van der Waals surface area contributed by atoms with Gasteiger partial charge in [-0.25, -0.2) is 9.97 Å². The highest BCUT2D eigenvalue weighted by atomic mass is 32.1. The normalized spacial score (nSPS) is 13.8. The number of aryl methyl sites for hydroxylation is 1. The average molecular weight is 364 g/mol. The third kappa shape index (κ3) is 3.46. The Bertz CT molecular complexity index is 914. The zero-order valence-electron chi connectivity index (χ0n) is 14.6. The maximum Gasteiger partial charge on any atom is 0.259 e. The highest BCUT2D eigenvalue weighted by molar-refractivity contribution is 7.09. The summed E-state index contributed by atoms with van der Waals surface area (Å²) < 4.78 is 0. The molecular formula is C20H20N4OS. The number of aromatic nitrogens is 2. The topological polar surface area (TPSA) is 58.1 Å². The number of hydrogen-bond acceptors (Lipinski definition) is 5. The summed E-state index contributed by atoms with van der Waals surface area (Å²) in [5.41, 5.74) is 3.40. The summed E-state index contributed by atoms with van der Waals surface area (Å²) in [4.78, 5) is 23.9. The molecule has 132 valence electrons. The number of rotatable bonds is 4. The van der Waals surface area contributed by atoms with E-state index in [0.717, 1.165) is 53.7 Å². The molecule has 0 radical (unpaired) electrons. The van der Waals surface area contributed by atoms with Crippen molar-refractivity contribution in [2.24, 2.45) is 0 Å². The molecule has 0 spiro atoms. The molecule has 2 aromatic heterocycles. The van der Waals surface area contributed by atoms with Gasteiger partial charge in [0, 0.05) is 35.9 Å². The maximum atomic E-state index is 12.8. The highest BCUT2D eigenvalue weighted by Gasteiger charge is 2.20. The molecule has 4 rings (SSSR count). The van der Waals surface area contributed by atoms with E-state index in [1.165, 1.54) is 0 Å². The molecule has 1 N–H and O–H groups in total. The summed E-state index contributed by atoms with van der Waals surface area (Å²) in [6.45, 7) is 3.91. The molecule has 5 nitrogen and oxygen atoms in total. The number of benzene rings is 1. The van der Waals surface area contributed by atoms with E-state index in [1.54, 1.807) is 17.5 Å². The van der Waals surface area contributed by atoms with Crippen molar-refractivity contribution in [1.82, 2.24) is 9.97 Å². The van der Waals surface area contributed by atoms with Crippen LogP contribution in [0.5, 0.6) is 0 Å². The summed E-state index contributed by atoms with van der Waals surface area (Å²) >= 11 is 1.63. The van der Waals surface area contributed by atoms with Crippen LogP contribution >= 0.6 is 11.3 Å². The Morgan fingerprint density at radius 2 is 1.92 bits per heavy atom. The lowest BCUT2D eigenvalue weighted by atomic mass is 10.1. The zero-order valence-corrected chi connectivity index (χ0v) is 15.4. The van der Waals surface area contributed by atoms with Gasteiger partial charge in [-0.1, -0.05) is 12.1 Å². The van der Waals surface area contributed by atoms with Gasteiger partial charge in [0.2, 0.25) is 0 Å². The molecule has 3 aromatic rings. The van der Waals surface area contributed by atoms with Crippen LogP contribution in [-0.2, 0) is 0 Å². The molecule has 26 heavy (non-hydrogen) atoms. The second kappa shape index (κ2) is 7.25. The molecule has 0 bridgehead atoms. The van der Waals surface area contributed by atoms with Gasteiger partial charge in [-0.15, -0.1) is 11.3 Å². The predicted octanol–water partition coefficient (Wildman–Crippen LogP) is 4.37. The first kappa shape index (κ1) is 16.7. The minimum absolute atomic E-state index is 0.128. The van der Waals surface area contributed by atoms with Crippen LogP contribution in [-0.4, -0.2) is 29.0 Å². The number of anilines is 2. The Balaban J connectivity index is 1.52. The van der Waals surface area contributed by atoms with Gasteiger partial charge in [0.05, 0.1) is 16.3 Å². The van der Waals surface area contributed by atoms with Crippen molar-refractivity contribution in [2.45, 2.75) is 19.8 Å². The Hall–Kier alpha value is -2.73. The number of carbonyl (C=O) groups is 1. The van der Waals surface area contributed by atoms with E-state index in [9.17, 15) is 4.79 Å². The number of nitrogens with zero attached hydrogens (tertiary/aromatic N) is 3. The molecule has 1 aromatic carbocycles. The first-order valence-electron chi connectivity index (χ1n) is 8.74. The van der Waals surface area contributed by atoms with E-state index in [4.69, 9.17) is 0 Å². The van der Waals surface area contributed by atoms with Gasteiger partial charge in [-0.2, -0.15) is 0 Å². The maximum absolute atomic E-state index is 12.8. The van der Waals surface area contributed by atoms with Crippen LogP contribution in [0.1, 0.15) is 28.2 Å². The summed E-state index contributed by atoms with van der Waals surface area (Å²) in [5, 5.41) is 6.07. The molecule has 1 aliphatic rings. The van der Waals surface area contributed by atoms with E-state index < -0.39 is 0 Å². The molecule has 1 amide bonds. The SMILES string of the molecule is Cc1nc(-c2ccc(NC(=O)c3cccnc3N3CCCC3)cc2)cs1. The molecule has 1 aliphatic heterocycles. The number of amides is 1. The van der Waals surface area contributed by atoms with Crippen LogP contribution in [0.25, 0.3) is 11.3 Å². The zero-order chi connectivity index (χ0) is 17.9. The Morgan fingerprint density at radius 3 is 2.62 bits per heavy atom. The van der Waals surface area contributed by atoms with Crippen LogP contribution in [0.2, 0.25) is 0 Å². The summed E-state index contributed by atoms with van der Waals surface area (Å²) in [6.07, 6.45) is 4.04. The second-order valence-electron chi connectivity index (χ2n) is 6.35. The van der Waals surface area contributed by atoms with E-state index >= 15 is 0 Å². The van der Waals surface area contributed by atoms with Crippen molar-refractivity contribution in [2.75, 3.05) is 23.3 Å². The van der Waals surface area contributed by atoms with Crippen molar-refractivity contribution < 1.29 is 4.79 Å². The number of pyridine rings is 1. The lowest BCUT2D eigenvalue weighted by Crippen LogP contribution is -2.24. The lowest BCUT2D eigenvalue weighted by molar-refractivity contribution is 0.102. The standard InChI is InChI=1S/C20H20N4OS/c1-14-22-18(13-26-14)15-6-8-16(9-7-15)23-20(25)17-5-4-10-21-19(17)24-11-2-3-12-24/h4-10,13H,2-3,11-12H2,1H3,(H,23,25). The molecule has 0 unspecified atom stereocenters. The van der Waals surface area contributed by atoms with Crippen molar-refractivity contribution >= 4 is 28.7 Å². The average Bonchev–Trinajstić information content (AvgIpc) is 3.34. The van der Waals surface area contributed by atoms with Crippen molar-refractivity contribution in [3.05, 3.63) is 58.5 Å². The minimum Gasteiger partial charge on any atom is -0.356 e. The Morgan fingerprint density at radius 1 is 1.15 bits per heavy atom. The third-order valence-electron chi connectivity index (χ3n) is 4.49. The molecule has 0 atom stereocenters.